The number of benzene rings is 22. The highest BCUT2D eigenvalue weighted by Gasteiger charge is 2.54. The maximum atomic E-state index is 5.73. The minimum absolute atomic E-state index is 0.471. The lowest BCUT2D eigenvalue weighted by atomic mass is 9.70. The van der Waals surface area contributed by atoms with Gasteiger partial charge in [-0.3, -0.25) is 0 Å². The summed E-state index contributed by atoms with van der Waals surface area (Å²) < 4.78 is 4.83. The Bertz CT molecular complexity index is 9420. The zero-order valence-electron chi connectivity index (χ0n) is 76.0. The molecule has 6 nitrogen and oxygen atoms in total. The van der Waals surface area contributed by atoms with Crippen molar-refractivity contribution in [2.45, 2.75) is 10.8 Å². The van der Waals surface area contributed by atoms with Gasteiger partial charge in [0, 0.05) is 66.3 Å². The minimum atomic E-state index is -0.471. The van der Waals surface area contributed by atoms with Gasteiger partial charge in [-0.15, -0.1) is 0 Å². The fourth-order valence-corrected chi connectivity index (χ4v) is 24.6. The Kier molecular flexibility index (Phi) is 17.6. The quantitative estimate of drug-likeness (QED) is 0.128. The molecule has 22 aromatic carbocycles. The van der Waals surface area contributed by atoms with Crippen LogP contribution in [0, 0.1) is 0 Å². The van der Waals surface area contributed by atoms with Crippen molar-refractivity contribution < 1.29 is 0 Å². The van der Waals surface area contributed by atoms with E-state index in [4.69, 9.17) is 19.9 Å². The summed E-state index contributed by atoms with van der Waals surface area (Å²) >= 11 is 0. The molecule has 4 heterocycles. The van der Waals surface area contributed by atoms with Crippen LogP contribution in [0.1, 0.15) is 44.5 Å². The molecule has 0 bridgehead atoms. The number of aromatic nitrogens is 6. The monoisotopic (exact) mass is 1770 g/mol. The molecule has 4 aromatic heterocycles. The predicted octanol–water partition coefficient (Wildman–Crippen LogP) is 33.8. The summed E-state index contributed by atoms with van der Waals surface area (Å²) in [7, 11) is 0. The molecule has 30 rings (SSSR count). The van der Waals surface area contributed by atoms with Gasteiger partial charge in [0.1, 0.15) is 0 Å². The Balaban J connectivity index is 0.000000134. The van der Waals surface area contributed by atoms with E-state index < -0.39 is 10.8 Å². The standard InChI is InChI=1S/2C67H41N3/c1-2-19-42(20-3-1)61-41-62(55-30-18-34-60-65(55)54-29-10-15-33-59(54)67(60)57-31-13-8-25-50(57)51-26-9-14-32-58(51)67)69-66(68-61)45-37-44(56-40-43-21-4-5-22-47(43)48-23-6-7-24-49(48)56)38-46(39-45)70-63-35-16-11-27-52(63)53-28-12-17-36-64(53)70;1-2-18-42(19-3-1)62-41-63(44-34-35-54-53-26-10-15-31-60(53)67(61(54)40-44)58-29-13-8-24-51(58)52-25-9-14-30-59(52)67)69-66(68-62)46-36-45(57-39-43-20-4-5-21-48(43)49-22-6-7-23-50(49)57)37-47(38-46)70-64-32-16-11-27-55(64)56-28-12-17-33-65(56)70/h2*1-41H. The number of para-hydroxylation sites is 4. The molecule has 0 fully saturated rings. The van der Waals surface area contributed by atoms with Crippen LogP contribution in [0.25, 0.3) is 233 Å². The van der Waals surface area contributed by atoms with Crippen LogP contribution >= 0.6 is 0 Å². The van der Waals surface area contributed by atoms with Crippen LogP contribution in [-0.4, -0.2) is 29.1 Å². The van der Waals surface area contributed by atoms with E-state index in [9.17, 15) is 0 Å². The van der Waals surface area contributed by atoms with E-state index in [0.29, 0.717) is 11.6 Å². The molecule has 0 unspecified atom stereocenters. The third-order valence-corrected chi connectivity index (χ3v) is 30.4. The second-order valence-electron chi connectivity index (χ2n) is 37.6. The van der Waals surface area contributed by atoms with Gasteiger partial charge in [0.2, 0.25) is 0 Å². The van der Waals surface area contributed by atoms with Crippen molar-refractivity contribution in [3.63, 3.8) is 0 Å². The Morgan fingerprint density at radius 2 is 0.443 bits per heavy atom. The average Bonchev–Trinajstić information content (AvgIpc) is 1.51. The lowest BCUT2D eigenvalue weighted by molar-refractivity contribution is 0.794. The van der Waals surface area contributed by atoms with Crippen molar-refractivity contribution in [3.05, 3.63) is 542 Å². The van der Waals surface area contributed by atoms with Gasteiger partial charge in [-0.1, -0.05) is 406 Å². The molecule has 0 saturated heterocycles. The molecule has 0 radical (unpaired) electrons. The molecule has 26 aromatic rings. The van der Waals surface area contributed by atoms with Crippen LogP contribution in [0.3, 0.4) is 0 Å². The smallest absolute Gasteiger partial charge is 0.160 e. The van der Waals surface area contributed by atoms with E-state index >= 15 is 0 Å². The third kappa shape index (κ3) is 11.7. The Labute approximate surface area is 808 Å². The summed E-state index contributed by atoms with van der Waals surface area (Å²) in [6.45, 7) is 0. The van der Waals surface area contributed by atoms with E-state index in [1.165, 1.54) is 159 Å². The van der Waals surface area contributed by atoms with E-state index in [0.717, 1.165) is 106 Å². The molecule has 140 heavy (non-hydrogen) atoms. The van der Waals surface area contributed by atoms with E-state index in [1.807, 2.05) is 0 Å². The molecule has 0 amide bonds. The summed E-state index contributed by atoms with van der Waals surface area (Å²) in [4.78, 5) is 22.4. The largest absolute Gasteiger partial charge is 0.309 e. The lowest BCUT2D eigenvalue weighted by Crippen LogP contribution is -2.25. The molecule has 0 N–H and O–H groups in total. The molecule has 648 valence electrons. The Morgan fingerprint density at radius 1 is 0.150 bits per heavy atom. The highest BCUT2D eigenvalue weighted by molar-refractivity contribution is 6.17. The first kappa shape index (κ1) is 79.1. The molecule has 4 aliphatic rings. The van der Waals surface area contributed by atoms with Gasteiger partial charge in [-0.2, -0.15) is 0 Å². The summed E-state index contributed by atoms with van der Waals surface area (Å²) in [5.74, 6) is 1.33. The SMILES string of the molecule is c1ccc(-c2cc(-c3ccc4c(c3)C3(c5ccccc5-c5ccccc53)c3ccccc3-4)nc(-c3cc(-c4cc5ccccc5c5ccccc45)cc(-n4c5ccccc5c5ccccc54)c3)n2)cc1.c1ccc(-c2cc(-c3cccc4c3-c3ccccc3C43c4ccccc4-c4ccccc43)nc(-c3cc(-c4cc5ccccc5c5ccccc45)cc(-n4c5ccccc5c5ccccc54)c3)n2)cc1. The van der Waals surface area contributed by atoms with Crippen LogP contribution in [0.5, 0.6) is 0 Å². The van der Waals surface area contributed by atoms with E-state index in [-0.39, 0.29) is 0 Å². The molecule has 0 saturated carbocycles. The van der Waals surface area contributed by atoms with Gasteiger partial charge in [-0.25, -0.2) is 19.9 Å². The topological polar surface area (TPSA) is 61.4 Å². The van der Waals surface area contributed by atoms with Gasteiger partial charge in [0.25, 0.3) is 0 Å². The van der Waals surface area contributed by atoms with Crippen LogP contribution < -0.4 is 0 Å². The summed E-state index contributed by atoms with van der Waals surface area (Å²) in [5, 5.41) is 14.6. The van der Waals surface area contributed by atoms with E-state index in [1.54, 1.807) is 0 Å². The lowest BCUT2D eigenvalue weighted by Gasteiger charge is -2.30. The molecule has 0 atom stereocenters. The highest BCUT2D eigenvalue weighted by atomic mass is 15.0. The first-order chi connectivity index (χ1) is 69.4. The highest BCUT2D eigenvalue weighted by Crippen LogP contribution is 2.66. The maximum Gasteiger partial charge on any atom is 0.160 e. The van der Waals surface area contributed by atoms with Gasteiger partial charge in [0.15, 0.2) is 11.6 Å². The Morgan fingerprint density at radius 3 is 0.864 bits per heavy atom. The fourth-order valence-electron chi connectivity index (χ4n) is 24.6. The van der Waals surface area contributed by atoms with Crippen LogP contribution in [-0.2, 0) is 10.8 Å². The van der Waals surface area contributed by atoms with Crippen molar-refractivity contribution in [2.75, 3.05) is 0 Å². The maximum absolute atomic E-state index is 5.73. The van der Waals surface area contributed by atoms with Crippen molar-refractivity contribution in [3.8, 4) is 146 Å². The number of fused-ring (bicyclic) bond motifs is 32. The Hall–Kier alpha value is -18.4. The van der Waals surface area contributed by atoms with Crippen molar-refractivity contribution in [1.29, 1.82) is 0 Å². The molecular weight excluding hydrogens is 1690 g/mol. The van der Waals surface area contributed by atoms with Crippen LogP contribution in [0.15, 0.2) is 497 Å². The second-order valence-corrected chi connectivity index (χ2v) is 37.6. The average molecular weight is 1780 g/mol. The summed E-state index contributed by atoms with van der Waals surface area (Å²) in [6.07, 6.45) is 0. The number of hydrogen-bond acceptors (Lipinski definition) is 4. The zero-order chi connectivity index (χ0) is 91.8. The van der Waals surface area contributed by atoms with Gasteiger partial charge in [0.05, 0.1) is 55.7 Å². The van der Waals surface area contributed by atoms with Crippen molar-refractivity contribution in [2.24, 2.45) is 0 Å². The molecule has 0 aliphatic heterocycles. The van der Waals surface area contributed by atoms with Gasteiger partial charge in [-0.05, 0) is 245 Å². The molecule has 6 heteroatoms. The molecular formula is C134H82N6. The first-order valence-corrected chi connectivity index (χ1v) is 48.3. The van der Waals surface area contributed by atoms with Gasteiger partial charge < -0.3 is 9.13 Å². The van der Waals surface area contributed by atoms with Crippen molar-refractivity contribution >= 4 is 86.7 Å². The first-order valence-electron chi connectivity index (χ1n) is 48.3. The van der Waals surface area contributed by atoms with Gasteiger partial charge >= 0.3 is 0 Å². The van der Waals surface area contributed by atoms with E-state index in [2.05, 4.69) is 507 Å². The molecule has 2 spiro atoms. The second kappa shape index (κ2) is 31.1. The molecule has 4 aliphatic carbocycles. The summed E-state index contributed by atoms with van der Waals surface area (Å²) in [6, 6.07) is 182. The third-order valence-electron chi connectivity index (χ3n) is 30.4. The summed E-state index contributed by atoms with van der Waals surface area (Å²) in [5.41, 5.74) is 40.5. The van der Waals surface area contributed by atoms with Crippen molar-refractivity contribution in [1.82, 2.24) is 29.1 Å². The zero-order valence-corrected chi connectivity index (χ0v) is 76.0. The van der Waals surface area contributed by atoms with Crippen LogP contribution in [0.2, 0.25) is 0 Å². The number of nitrogens with zero attached hydrogens (tertiary/aromatic N) is 6. The van der Waals surface area contributed by atoms with Crippen LogP contribution in [0.4, 0.5) is 0 Å². The minimum Gasteiger partial charge on any atom is -0.309 e. The number of rotatable bonds is 10. The predicted molar refractivity (Wildman–Crippen MR) is 579 cm³/mol. The normalized spacial score (nSPS) is 13.0. The number of hydrogen-bond donors (Lipinski definition) is 0. The fraction of sp³-hybridized carbons (Fsp3) is 0.0149.